The standard InChI is InChI=1S/C21H17N3O3S/c1-12(19(25)23-16-8-4-6-13-5-2-3-7-15(13)16)27-20(26)14-9-10-17-18(11-14)28-21(22)24-17/h2-12H,1H3,(H2,22,24)(H,23,25)/t12-/m0/s1. The second kappa shape index (κ2) is 7.28. The van der Waals surface area contributed by atoms with Crippen LogP contribution in [0.1, 0.15) is 17.3 Å². The van der Waals surface area contributed by atoms with E-state index in [1.165, 1.54) is 11.3 Å². The third-order valence-corrected chi connectivity index (χ3v) is 5.19. The SMILES string of the molecule is C[C@H](OC(=O)c1ccc2nc(N)sc2c1)C(=O)Nc1cccc2ccccc12. The van der Waals surface area contributed by atoms with E-state index in [0.29, 0.717) is 16.4 Å². The Morgan fingerprint density at radius 3 is 2.75 bits per heavy atom. The maximum atomic E-state index is 12.5. The Morgan fingerprint density at radius 1 is 1.11 bits per heavy atom. The van der Waals surface area contributed by atoms with E-state index in [-0.39, 0.29) is 0 Å². The number of fused-ring (bicyclic) bond motifs is 2. The summed E-state index contributed by atoms with van der Waals surface area (Å²) in [5, 5.41) is 5.20. The van der Waals surface area contributed by atoms with Crippen LogP contribution >= 0.6 is 11.3 Å². The molecule has 0 aliphatic carbocycles. The van der Waals surface area contributed by atoms with Crippen molar-refractivity contribution in [2.24, 2.45) is 0 Å². The molecular formula is C21H17N3O3S. The highest BCUT2D eigenvalue weighted by atomic mass is 32.1. The van der Waals surface area contributed by atoms with Crippen molar-refractivity contribution in [1.82, 2.24) is 4.98 Å². The fourth-order valence-corrected chi connectivity index (χ4v) is 3.69. The summed E-state index contributed by atoms with van der Waals surface area (Å²) >= 11 is 1.29. The highest BCUT2D eigenvalue weighted by Gasteiger charge is 2.20. The van der Waals surface area contributed by atoms with E-state index >= 15 is 0 Å². The van der Waals surface area contributed by atoms with Gasteiger partial charge in [-0.3, -0.25) is 4.79 Å². The zero-order valence-electron chi connectivity index (χ0n) is 15.0. The van der Waals surface area contributed by atoms with Gasteiger partial charge in [-0.25, -0.2) is 9.78 Å². The van der Waals surface area contributed by atoms with Crippen LogP contribution in [0.2, 0.25) is 0 Å². The van der Waals surface area contributed by atoms with Crippen molar-refractivity contribution in [2.75, 3.05) is 11.1 Å². The summed E-state index contributed by atoms with van der Waals surface area (Å²) in [5.41, 5.74) is 7.43. The molecule has 0 unspecified atom stereocenters. The maximum absolute atomic E-state index is 12.5. The van der Waals surface area contributed by atoms with Gasteiger partial charge in [0.15, 0.2) is 11.2 Å². The van der Waals surface area contributed by atoms with Gasteiger partial charge < -0.3 is 15.8 Å². The molecule has 0 aliphatic heterocycles. The molecule has 3 aromatic carbocycles. The highest BCUT2D eigenvalue weighted by molar-refractivity contribution is 7.22. The lowest BCUT2D eigenvalue weighted by Gasteiger charge is -2.15. The Hall–Kier alpha value is -3.45. The van der Waals surface area contributed by atoms with Crippen LogP contribution in [0.4, 0.5) is 10.8 Å². The van der Waals surface area contributed by atoms with Crippen LogP contribution in [-0.4, -0.2) is 23.0 Å². The number of nitrogen functional groups attached to an aromatic ring is 1. The number of hydrogen-bond acceptors (Lipinski definition) is 6. The summed E-state index contributed by atoms with van der Waals surface area (Å²) in [6.45, 7) is 1.54. The third-order valence-electron chi connectivity index (χ3n) is 4.34. The van der Waals surface area contributed by atoms with Crippen LogP contribution in [0, 0.1) is 0 Å². The van der Waals surface area contributed by atoms with Crippen LogP contribution < -0.4 is 11.1 Å². The number of benzene rings is 3. The van der Waals surface area contributed by atoms with Crippen molar-refractivity contribution < 1.29 is 14.3 Å². The number of carbonyl (C=O) groups excluding carboxylic acids is 2. The number of esters is 1. The van der Waals surface area contributed by atoms with Gasteiger partial charge in [0.2, 0.25) is 0 Å². The van der Waals surface area contributed by atoms with Crippen LogP contribution in [0.15, 0.2) is 60.7 Å². The second-order valence-corrected chi connectivity index (χ2v) is 7.36. The number of nitrogens with zero attached hydrogens (tertiary/aromatic N) is 1. The first-order valence-electron chi connectivity index (χ1n) is 8.67. The molecule has 6 nitrogen and oxygen atoms in total. The molecule has 0 bridgehead atoms. The number of aromatic nitrogens is 1. The van der Waals surface area contributed by atoms with Crippen molar-refractivity contribution in [2.45, 2.75) is 13.0 Å². The Labute approximate surface area is 164 Å². The summed E-state index contributed by atoms with van der Waals surface area (Å²) < 4.78 is 6.13. The predicted octanol–water partition coefficient (Wildman–Crippen LogP) is 4.22. The van der Waals surface area contributed by atoms with E-state index in [2.05, 4.69) is 10.3 Å². The number of thiazole rings is 1. The van der Waals surface area contributed by atoms with Gasteiger partial charge in [0.25, 0.3) is 5.91 Å². The minimum absolute atomic E-state index is 0.348. The quantitative estimate of drug-likeness (QED) is 0.508. The summed E-state index contributed by atoms with van der Waals surface area (Å²) in [5.74, 6) is -0.970. The average Bonchev–Trinajstić information content (AvgIpc) is 3.07. The summed E-state index contributed by atoms with van der Waals surface area (Å²) in [6, 6.07) is 18.4. The normalized spacial score (nSPS) is 12.0. The van der Waals surface area contributed by atoms with Crippen LogP contribution in [0.5, 0.6) is 0 Å². The first kappa shape index (κ1) is 17.9. The number of amides is 1. The topological polar surface area (TPSA) is 94.3 Å². The van der Waals surface area contributed by atoms with E-state index in [0.717, 1.165) is 21.0 Å². The molecule has 4 rings (SSSR count). The second-order valence-electron chi connectivity index (χ2n) is 6.30. The van der Waals surface area contributed by atoms with Gasteiger partial charge in [0.1, 0.15) is 0 Å². The van der Waals surface area contributed by atoms with Crippen molar-refractivity contribution in [3.05, 3.63) is 66.2 Å². The monoisotopic (exact) mass is 391 g/mol. The minimum Gasteiger partial charge on any atom is -0.449 e. The summed E-state index contributed by atoms with van der Waals surface area (Å²) in [4.78, 5) is 29.1. The Balaban J connectivity index is 1.48. The first-order valence-corrected chi connectivity index (χ1v) is 9.48. The molecule has 0 saturated heterocycles. The number of rotatable bonds is 4. The number of carbonyl (C=O) groups is 2. The van der Waals surface area contributed by atoms with Crippen molar-refractivity contribution in [3.63, 3.8) is 0 Å². The van der Waals surface area contributed by atoms with Gasteiger partial charge in [0, 0.05) is 11.1 Å². The van der Waals surface area contributed by atoms with Gasteiger partial charge in [-0.1, -0.05) is 47.7 Å². The molecule has 1 heterocycles. The fourth-order valence-electron chi connectivity index (χ4n) is 2.92. The lowest BCUT2D eigenvalue weighted by atomic mass is 10.1. The predicted molar refractivity (Wildman–Crippen MR) is 111 cm³/mol. The van der Waals surface area contributed by atoms with E-state index in [4.69, 9.17) is 10.5 Å². The maximum Gasteiger partial charge on any atom is 0.338 e. The summed E-state index contributed by atoms with van der Waals surface area (Å²) in [7, 11) is 0. The van der Waals surface area contributed by atoms with Crippen molar-refractivity contribution in [1.29, 1.82) is 0 Å². The number of ether oxygens (including phenoxy) is 1. The average molecular weight is 391 g/mol. The molecule has 0 fully saturated rings. The van der Waals surface area contributed by atoms with Crippen LogP contribution in [-0.2, 0) is 9.53 Å². The molecule has 3 N–H and O–H groups in total. The van der Waals surface area contributed by atoms with Gasteiger partial charge in [-0.2, -0.15) is 0 Å². The largest absolute Gasteiger partial charge is 0.449 e. The zero-order valence-corrected chi connectivity index (χ0v) is 15.8. The molecule has 7 heteroatoms. The van der Waals surface area contributed by atoms with E-state index in [1.807, 2.05) is 42.5 Å². The smallest absolute Gasteiger partial charge is 0.338 e. The number of nitrogens with two attached hydrogens (primary N) is 1. The molecule has 0 spiro atoms. The molecule has 0 radical (unpaired) electrons. The molecule has 140 valence electrons. The lowest BCUT2D eigenvalue weighted by molar-refractivity contribution is -0.123. The van der Waals surface area contributed by atoms with Gasteiger partial charge >= 0.3 is 5.97 Å². The Bertz CT molecular complexity index is 1200. The van der Waals surface area contributed by atoms with E-state index in [9.17, 15) is 9.59 Å². The number of anilines is 2. The van der Waals surface area contributed by atoms with Crippen molar-refractivity contribution in [3.8, 4) is 0 Å². The lowest BCUT2D eigenvalue weighted by Crippen LogP contribution is -2.30. The zero-order chi connectivity index (χ0) is 19.7. The van der Waals surface area contributed by atoms with Crippen molar-refractivity contribution >= 4 is 55.0 Å². The van der Waals surface area contributed by atoms with Gasteiger partial charge in [-0.15, -0.1) is 0 Å². The fraction of sp³-hybridized carbons (Fsp3) is 0.0952. The first-order chi connectivity index (χ1) is 13.5. The van der Waals surface area contributed by atoms with Gasteiger partial charge in [0.05, 0.1) is 15.8 Å². The Kier molecular flexibility index (Phi) is 4.67. The number of nitrogens with one attached hydrogen (secondary N) is 1. The molecule has 1 amide bonds. The molecular weight excluding hydrogens is 374 g/mol. The van der Waals surface area contributed by atoms with E-state index < -0.39 is 18.0 Å². The molecule has 0 saturated carbocycles. The summed E-state index contributed by atoms with van der Waals surface area (Å²) in [6.07, 6.45) is -0.950. The Morgan fingerprint density at radius 2 is 1.89 bits per heavy atom. The van der Waals surface area contributed by atoms with Gasteiger partial charge in [-0.05, 0) is 36.6 Å². The molecule has 1 atom stereocenters. The molecule has 4 aromatic rings. The minimum atomic E-state index is -0.950. The number of hydrogen-bond donors (Lipinski definition) is 2. The highest BCUT2D eigenvalue weighted by Crippen LogP contribution is 2.25. The molecule has 1 aromatic heterocycles. The third kappa shape index (κ3) is 3.52. The van der Waals surface area contributed by atoms with Crippen LogP contribution in [0.25, 0.3) is 21.0 Å². The van der Waals surface area contributed by atoms with E-state index in [1.54, 1.807) is 25.1 Å². The van der Waals surface area contributed by atoms with Crippen LogP contribution in [0.3, 0.4) is 0 Å². The molecule has 0 aliphatic rings. The molecule has 28 heavy (non-hydrogen) atoms.